The summed E-state index contributed by atoms with van der Waals surface area (Å²) < 4.78 is 7.86. The van der Waals surface area contributed by atoms with Crippen molar-refractivity contribution in [3.8, 4) is 5.88 Å². The van der Waals surface area contributed by atoms with E-state index < -0.39 is 0 Å². The quantitative estimate of drug-likeness (QED) is 0.870. The van der Waals surface area contributed by atoms with Crippen LogP contribution in [0.1, 0.15) is 29.4 Å². The average Bonchev–Trinajstić information content (AvgIpc) is 2.86. The lowest BCUT2D eigenvalue weighted by atomic mass is 10.2. The van der Waals surface area contributed by atoms with Gasteiger partial charge in [0.25, 0.3) is 5.91 Å². The summed E-state index contributed by atoms with van der Waals surface area (Å²) in [5.74, 6) is 0.468. The number of nitrogens with one attached hydrogen (secondary N) is 1. The first-order valence-electron chi connectivity index (χ1n) is 6.76. The van der Waals surface area contributed by atoms with Crippen LogP contribution in [0.4, 0.5) is 0 Å². The van der Waals surface area contributed by atoms with E-state index in [0.717, 1.165) is 23.0 Å². The molecular formula is C15H18BrN3O2. The van der Waals surface area contributed by atoms with E-state index in [2.05, 4.69) is 33.2 Å². The standard InChI is InChI=1S/C15H18BrN3O2/c1-3-6-19-10-12(16)7-13(19)15(20)18-9-11-4-5-14(21-2)17-8-11/h4-5,7-8,10H,3,6,9H2,1-2H3,(H,18,20). The number of methoxy groups -OCH3 is 1. The number of aromatic nitrogens is 2. The molecule has 2 heterocycles. The molecule has 0 aliphatic carbocycles. The van der Waals surface area contributed by atoms with E-state index in [1.165, 1.54) is 0 Å². The molecule has 0 bridgehead atoms. The third-order valence-electron chi connectivity index (χ3n) is 3.02. The van der Waals surface area contributed by atoms with Gasteiger partial charge >= 0.3 is 0 Å². The minimum absolute atomic E-state index is 0.0926. The highest BCUT2D eigenvalue weighted by Gasteiger charge is 2.12. The summed E-state index contributed by atoms with van der Waals surface area (Å²) in [5, 5.41) is 2.90. The van der Waals surface area contributed by atoms with Crippen molar-refractivity contribution in [2.24, 2.45) is 0 Å². The first-order chi connectivity index (χ1) is 10.1. The number of rotatable bonds is 6. The molecule has 0 unspecified atom stereocenters. The van der Waals surface area contributed by atoms with Crippen molar-refractivity contribution >= 4 is 21.8 Å². The largest absolute Gasteiger partial charge is 0.481 e. The van der Waals surface area contributed by atoms with E-state index in [9.17, 15) is 4.79 Å². The molecule has 1 N–H and O–H groups in total. The first-order valence-corrected chi connectivity index (χ1v) is 7.56. The number of amides is 1. The number of pyridine rings is 1. The minimum Gasteiger partial charge on any atom is -0.481 e. The number of ether oxygens (including phenoxy) is 1. The summed E-state index contributed by atoms with van der Waals surface area (Å²) in [6.45, 7) is 3.34. The van der Waals surface area contributed by atoms with Crippen LogP contribution in [0.15, 0.2) is 35.1 Å². The zero-order chi connectivity index (χ0) is 15.2. The molecule has 0 atom stereocenters. The zero-order valence-electron chi connectivity index (χ0n) is 12.1. The highest BCUT2D eigenvalue weighted by Crippen LogP contribution is 2.16. The number of aryl methyl sites for hydroxylation is 1. The summed E-state index contributed by atoms with van der Waals surface area (Å²) in [4.78, 5) is 16.4. The van der Waals surface area contributed by atoms with E-state index in [1.807, 2.05) is 22.9 Å². The Morgan fingerprint density at radius 3 is 2.90 bits per heavy atom. The normalized spacial score (nSPS) is 10.4. The molecule has 0 aliphatic rings. The van der Waals surface area contributed by atoms with E-state index in [-0.39, 0.29) is 5.91 Å². The highest BCUT2D eigenvalue weighted by atomic mass is 79.9. The Labute approximate surface area is 132 Å². The molecule has 0 radical (unpaired) electrons. The van der Waals surface area contributed by atoms with Crippen LogP contribution >= 0.6 is 15.9 Å². The molecule has 0 saturated carbocycles. The number of nitrogens with zero attached hydrogens (tertiary/aromatic N) is 2. The Bertz CT molecular complexity index is 608. The second-order valence-corrected chi connectivity index (χ2v) is 5.54. The van der Waals surface area contributed by atoms with Crippen molar-refractivity contribution in [3.05, 3.63) is 46.3 Å². The first kappa shape index (κ1) is 15.6. The van der Waals surface area contributed by atoms with Crippen molar-refractivity contribution in [2.45, 2.75) is 26.4 Å². The van der Waals surface area contributed by atoms with Crippen molar-refractivity contribution < 1.29 is 9.53 Å². The molecule has 112 valence electrons. The Morgan fingerprint density at radius 2 is 2.29 bits per heavy atom. The van der Waals surface area contributed by atoms with Crippen molar-refractivity contribution in [2.75, 3.05) is 7.11 Å². The molecule has 2 aromatic rings. The van der Waals surface area contributed by atoms with Crippen molar-refractivity contribution in [1.82, 2.24) is 14.9 Å². The molecule has 5 nitrogen and oxygen atoms in total. The van der Waals surface area contributed by atoms with Gasteiger partial charge in [-0.05, 0) is 34.0 Å². The Kier molecular flexibility index (Phi) is 5.38. The van der Waals surface area contributed by atoms with Gasteiger partial charge < -0.3 is 14.6 Å². The Hall–Kier alpha value is -1.82. The van der Waals surface area contributed by atoms with Crippen LogP contribution in [0.3, 0.4) is 0 Å². The van der Waals surface area contributed by atoms with Crippen LogP contribution in [-0.4, -0.2) is 22.6 Å². The van der Waals surface area contributed by atoms with Gasteiger partial charge in [-0.3, -0.25) is 4.79 Å². The number of carbonyl (C=O) groups excluding carboxylic acids is 1. The van der Waals surface area contributed by atoms with Crippen LogP contribution in [-0.2, 0) is 13.1 Å². The SMILES string of the molecule is CCCn1cc(Br)cc1C(=O)NCc1ccc(OC)nc1. The molecule has 2 aromatic heterocycles. The fourth-order valence-corrected chi connectivity index (χ4v) is 2.46. The monoisotopic (exact) mass is 351 g/mol. The second-order valence-electron chi connectivity index (χ2n) is 4.63. The van der Waals surface area contributed by atoms with Gasteiger partial charge in [0, 0.05) is 36.0 Å². The highest BCUT2D eigenvalue weighted by molar-refractivity contribution is 9.10. The smallest absolute Gasteiger partial charge is 0.268 e. The second kappa shape index (κ2) is 7.26. The van der Waals surface area contributed by atoms with Crippen molar-refractivity contribution in [1.29, 1.82) is 0 Å². The summed E-state index contributed by atoms with van der Waals surface area (Å²) >= 11 is 3.41. The number of hydrogen-bond donors (Lipinski definition) is 1. The molecule has 0 aromatic carbocycles. The third kappa shape index (κ3) is 4.07. The van der Waals surface area contributed by atoms with Gasteiger partial charge in [0.15, 0.2) is 0 Å². The summed E-state index contributed by atoms with van der Waals surface area (Å²) in [7, 11) is 1.57. The summed E-state index contributed by atoms with van der Waals surface area (Å²) in [6.07, 6.45) is 4.59. The lowest BCUT2D eigenvalue weighted by Crippen LogP contribution is -2.25. The topological polar surface area (TPSA) is 56.2 Å². The Morgan fingerprint density at radius 1 is 1.48 bits per heavy atom. The Balaban J connectivity index is 2.00. The molecule has 2 rings (SSSR count). The maximum Gasteiger partial charge on any atom is 0.268 e. The summed E-state index contributed by atoms with van der Waals surface area (Å²) in [6, 6.07) is 5.49. The number of carbonyl (C=O) groups is 1. The fraction of sp³-hybridized carbons (Fsp3) is 0.333. The predicted molar refractivity (Wildman–Crippen MR) is 84.4 cm³/mol. The van der Waals surface area contributed by atoms with Gasteiger partial charge in [0.05, 0.1) is 7.11 Å². The maximum atomic E-state index is 12.3. The van der Waals surface area contributed by atoms with Gasteiger partial charge in [-0.25, -0.2) is 4.98 Å². The third-order valence-corrected chi connectivity index (χ3v) is 3.45. The van der Waals surface area contributed by atoms with Crippen LogP contribution < -0.4 is 10.1 Å². The maximum absolute atomic E-state index is 12.3. The molecular weight excluding hydrogens is 334 g/mol. The van der Waals surface area contributed by atoms with Crippen LogP contribution in [0.25, 0.3) is 0 Å². The molecule has 21 heavy (non-hydrogen) atoms. The molecule has 0 spiro atoms. The predicted octanol–water partition coefficient (Wildman–Crippen LogP) is 2.99. The lowest BCUT2D eigenvalue weighted by Gasteiger charge is -2.09. The van der Waals surface area contributed by atoms with Gasteiger partial charge in [0.1, 0.15) is 5.69 Å². The van der Waals surface area contributed by atoms with Crippen LogP contribution in [0.2, 0.25) is 0 Å². The van der Waals surface area contributed by atoms with Gasteiger partial charge in [0.2, 0.25) is 5.88 Å². The molecule has 1 amide bonds. The van der Waals surface area contributed by atoms with Gasteiger partial charge in [-0.2, -0.15) is 0 Å². The van der Waals surface area contributed by atoms with E-state index in [0.29, 0.717) is 18.1 Å². The molecule has 0 aliphatic heterocycles. The minimum atomic E-state index is -0.0926. The van der Waals surface area contributed by atoms with E-state index in [4.69, 9.17) is 4.74 Å². The molecule has 0 saturated heterocycles. The van der Waals surface area contributed by atoms with E-state index >= 15 is 0 Å². The number of halogens is 1. The average molecular weight is 352 g/mol. The van der Waals surface area contributed by atoms with Crippen LogP contribution in [0, 0.1) is 0 Å². The zero-order valence-corrected chi connectivity index (χ0v) is 13.7. The molecule has 6 heteroatoms. The fourth-order valence-electron chi connectivity index (χ4n) is 2.00. The lowest BCUT2D eigenvalue weighted by molar-refractivity contribution is 0.0941. The number of hydrogen-bond acceptors (Lipinski definition) is 3. The summed E-state index contributed by atoms with van der Waals surface area (Å²) in [5.41, 5.74) is 1.59. The van der Waals surface area contributed by atoms with Gasteiger partial charge in [-0.15, -0.1) is 0 Å². The van der Waals surface area contributed by atoms with E-state index in [1.54, 1.807) is 19.4 Å². The van der Waals surface area contributed by atoms with Crippen LogP contribution in [0.5, 0.6) is 5.88 Å². The van der Waals surface area contributed by atoms with Gasteiger partial charge in [-0.1, -0.05) is 13.0 Å². The molecule has 0 fully saturated rings. The van der Waals surface area contributed by atoms with Crippen molar-refractivity contribution in [3.63, 3.8) is 0 Å².